The van der Waals surface area contributed by atoms with Gasteiger partial charge in [0, 0.05) is 0 Å². The standard InChI is InChI=1S/C23H29.C17H18.C5H5.2ClH.Zr/c1-14-9-16-11-17-10-15(2)21(23(6,7)8)13-19(17)18(16)12-20(14)22(3,4)5;1-17(2,16-11-7-4-8-12-16)14-13-15-9-5-3-6-10-15;1-2-4-5-3-1;;;/h9-13H,1-8H3;3-12H,13H2,1-2H3;1-3H,4H2;2*1H;/q;;;;;+2/p-2. The SMILES string of the molecule is Cc1cc2c(cc1C(C)(C)C)-c1cc(C(C)(C)C)c(C)cc1[CH]2/[Zr+2]([C]1=CC=CC1)=[C](/Cc1ccccc1)C(C)(C)c1ccccc1.[Cl-].[Cl-]. The molecule has 0 fully saturated rings. The fourth-order valence-corrected chi connectivity index (χ4v) is 18.1. The molecule has 4 aromatic carbocycles. The van der Waals surface area contributed by atoms with Crippen LogP contribution in [0.2, 0.25) is 0 Å². The van der Waals surface area contributed by atoms with Crippen LogP contribution in [0.25, 0.3) is 11.1 Å². The van der Waals surface area contributed by atoms with Crippen molar-refractivity contribution in [2.45, 2.75) is 102 Å². The van der Waals surface area contributed by atoms with Gasteiger partial charge in [-0.2, -0.15) is 0 Å². The molecule has 2 aliphatic carbocycles. The smallest absolute Gasteiger partial charge is 1.00 e. The fourth-order valence-electron chi connectivity index (χ4n) is 8.18. The Kier molecular flexibility index (Phi) is 11.6. The van der Waals surface area contributed by atoms with Crippen LogP contribution >= 0.6 is 0 Å². The molecule has 0 radical (unpaired) electrons. The van der Waals surface area contributed by atoms with Crippen LogP contribution in [0.4, 0.5) is 0 Å². The molecular formula is C45H52Cl2Zr. The maximum absolute atomic E-state index is 2.70. The second kappa shape index (κ2) is 14.5. The molecule has 6 rings (SSSR count). The molecule has 0 unspecified atom stereocenters. The zero-order valence-electron chi connectivity index (χ0n) is 30.6. The third-order valence-electron chi connectivity index (χ3n) is 10.5. The average molecular weight is 755 g/mol. The van der Waals surface area contributed by atoms with Gasteiger partial charge in [0.05, 0.1) is 0 Å². The summed E-state index contributed by atoms with van der Waals surface area (Å²) in [4.78, 5) is 0. The van der Waals surface area contributed by atoms with E-state index in [2.05, 4.69) is 172 Å². The molecule has 0 atom stereocenters. The van der Waals surface area contributed by atoms with Crippen molar-refractivity contribution in [1.82, 2.24) is 0 Å². The van der Waals surface area contributed by atoms with E-state index in [9.17, 15) is 0 Å². The first-order chi connectivity index (χ1) is 21.7. The summed E-state index contributed by atoms with van der Waals surface area (Å²) in [6, 6.07) is 33.0. The van der Waals surface area contributed by atoms with Crippen LogP contribution in [-0.2, 0) is 43.9 Å². The van der Waals surface area contributed by atoms with Gasteiger partial charge in [0.15, 0.2) is 0 Å². The summed E-state index contributed by atoms with van der Waals surface area (Å²) < 4.78 is 3.97. The van der Waals surface area contributed by atoms with E-state index in [1.807, 2.05) is 0 Å². The topological polar surface area (TPSA) is 0 Å². The second-order valence-electron chi connectivity index (χ2n) is 16.3. The molecule has 2 aliphatic rings. The molecule has 0 amide bonds. The first-order valence-electron chi connectivity index (χ1n) is 17.2. The monoisotopic (exact) mass is 752 g/mol. The molecule has 0 nitrogen and oxygen atoms in total. The number of allylic oxidation sites excluding steroid dienone is 4. The minimum absolute atomic E-state index is 0. The Morgan fingerprint density at radius 1 is 0.667 bits per heavy atom. The van der Waals surface area contributed by atoms with Crippen molar-refractivity contribution in [2.75, 3.05) is 0 Å². The maximum atomic E-state index is 2.62. The number of halogens is 2. The summed E-state index contributed by atoms with van der Waals surface area (Å²) in [5, 5.41) is 0. The Hall–Kier alpha value is -2.31. The van der Waals surface area contributed by atoms with Crippen LogP contribution < -0.4 is 24.8 Å². The Morgan fingerprint density at radius 3 is 1.58 bits per heavy atom. The quantitative estimate of drug-likeness (QED) is 0.233. The van der Waals surface area contributed by atoms with Crippen LogP contribution in [0.15, 0.2) is 106 Å². The van der Waals surface area contributed by atoms with Crippen LogP contribution in [0, 0.1) is 13.8 Å². The number of fused-ring (bicyclic) bond motifs is 3. The van der Waals surface area contributed by atoms with Crippen LogP contribution in [0.1, 0.15) is 110 Å². The van der Waals surface area contributed by atoms with Crippen LogP contribution in [0.3, 0.4) is 0 Å². The minimum atomic E-state index is -2.70. The summed E-state index contributed by atoms with van der Waals surface area (Å²) in [5.41, 5.74) is 15.0. The number of hydrogen-bond acceptors (Lipinski definition) is 0. The van der Waals surface area contributed by atoms with E-state index >= 15 is 0 Å². The van der Waals surface area contributed by atoms with Crippen LogP contribution in [0.5, 0.6) is 0 Å². The predicted octanol–water partition coefficient (Wildman–Crippen LogP) is 5.83. The molecule has 3 heteroatoms. The van der Waals surface area contributed by atoms with Crippen molar-refractivity contribution in [3.05, 3.63) is 151 Å². The van der Waals surface area contributed by atoms with Crippen molar-refractivity contribution in [1.29, 1.82) is 0 Å². The molecule has 0 aliphatic heterocycles. The van der Waals surface area contributed by atoms with E-state index in [1.165, 1.54) is 44.5 Å². The normalized spacial score (nSPS) is 14.5. The molecule has 250 valence electrons. The Bertz CT molecular complexity index is 1810. The van der Waals surface area contributed by atoms with E-state index in [0.29, 0.717) is 3.63 Å². The molecule has 0 saturated heterocycles. The van der Waals surface area contributed by atoms with Gasteiger partial charge in [-0.05, 0) is 0 Å². The zero-order valence-corrected chi connectivity index (χ0v) is 34.5. The average Bonchev–Trinajstić information content (AvgIpc) is 3.63. The summed E-state index contributed by atoms with van der Waals surface area (Å²) >= 11 is -2.70. The molecule has 0 heterocycles. The molecule has 0 spiro atoms. The Morgan fingerprint density at radius 2 is 1.15 bits per heavy atom. The van der Waals surface area contributed by atoms with Gasteiger partial charge in [-0.3, -0.25) is 0 Å². The van der Waals surface area contributed by atoms with Crippen molar-refractivity contribution < 1.29 is 46.1 Å². The number of hydrogen-bond donors (Lipinski definition) is 0. The second-order valence-corrected chi connectivity index (χ2v) is 22.8. The van der Waals surface area contributed by atoms with Crippen molar-refractivity contribution in [2.24, 2.45) is 0 Å². The Labute approximate surface area is 311 Å². The molecule has 0 bridgehead atoms. The maximum Gasteiger partial charge on any atom is -1.00 e. The zero-order chi connectivity index (χ0) is 33.0. The molecule has 0 N–H and O–H groups in total. The fraction of sp³-hybridized carbons (Fsp3) is 0.356. The minimum Gasteiger partial charge on any atom is -1.00 e. The summed E-state index contributed by atoms with van der Waals surface area (Å²) in [6.07, 6.45) is 9.39. The van der Waals surface area contributed by atoms with Gasteiger partial charge in [0.25, 0.3) is 0 Å². The van der Waals surface area contributed by atoms with Gasteiger partial charge < -0.3 is 24.8 Å². The molecule has 4 aromatic rings. The molecule has 48 heavy (non-hydrogen) atoms. The van der Waals surface area contributed by atoms with E-state index in [-0.39, 0.29) is 41.1 Å². The number of benzene rings is 4. The van der Waals surface area contributed by atoms with Crippen molar-refractivity contribution in [3.8, 4) is 11.1 Å². The number of rotatable bonds is 6. The van der Waals surface area contributed by atoms with Gasteiger partial charge in [0.2, 0.25) is 0 Å². The van der Waals surface area contributed by atoms with E-state index in [4.69, 9.17) is 0 Å². The predicted molar refractivity (Wildman–Crippen MR) is 197 cm³/mol. The van der Waals surface area contributed by atoms with Gasteiger partial charge >= 0.3 is 288 Å². The van der Waals surface area contributed by atoms with Crippen molar-refractivity contribution >= 4 is 3.21 Å². The Balaban J connectivity index is 0.00000260. The van der Waals surface area contributed by atoms with Crippen LogP contribution in [-0.4, -0.2) is 3.21 Å². The summed E-state index contributed by atoms with van der Waals surface area (Å²) in [6.45, 7) is 24.0. The summed E-state index contributed by atoms with van der Waals surface area (Å²) in [5.74, 6) is 0. The number of aryl methyl sites for hydroxylation is 2. The molecular weight excluding hydrogens is 703 g/mol. The van der Waals surface area contributed by atoms with E-state index < -0.39 is 21.3 Å². The van der Waals surface area contributed by atoms with Gasteiger partial charge in [0.1, 0.15) is 0 Å². The first-order valence-corrected chi connectivity index (χ1v) is 21.0. The molecule has 0 aromatic heterocycles. The summed E-state index contributed by atoms with van der Waals surface area (Å²) in [7, 11) is 0. The third kappa shape index (κ3) is 7.27. The van der Waals surface area contributed by atoms with E-state index in [1.54, 1.807) is 17.6 Å². The van der Waals surface area contributed by atoms with Crippen molar-refractivity contribution in [3.63, 3.8) is 0 Å². The van der Waals surface area contributed by atoms with Gasteiger partial charge in [-0.25, -0.2) is 0 Å². The van der Waals surface area contributed by atoms with Gasteiger partial charge in [-0.15, -0.1) is 0 Å². The third-order valence-corrected chi connectivity index (χ3v) is 19.7. The first kappa shape index (κ1) is 38.5. The largest absolute Gasteiger partial charge is 1.00 e. The van der Waals surface area contributed by atoms with E-state index in [0.717, 1.165) is 12.8 Å². The van der Waals surface area contributed by atoms with Gasteiger partial charge in [-0.1, -0.05) is 0 Å². The molecule has 0 saturated carbocycles.